The van der Waals surface area contributed by atoms with Gasteiger partial charge in [-0.15, -0.1) is 11.8 Å². The highest BCUT2D eigenvalue weighted by molar-refractivity contribution is 7.98. The Labute approximate surface area is 131 Å². The lowest BCUT2D eigenvalue weighted by atomic mass is 10.1. The first kappa shape index (κ1) is 16.2. The number of carbonyl (C=O) groups is 1. The van der Waals surface area contributed by atoms with Crippen LogP contribution in [0.25, 0.3) is 6.08 Å². The second-order valence-corrected chi connectivity index (χ2v) is 5.26. The zero-order chi connectivity index (χ0) is 16.1. The van der Waals surface area contributed by atoms with Gasteiger partial charge in [-0.1, -0.05) is 12.1 Å². The van der Waals surface area contributed by atoms with Crippen LogP contribution in [-0.2, 0) is 0 Å². The van der Waals surface area contributed by atoms with E-state index in [1.165, 1.54) is 43.2 Å². The van der Waals surface area contributed by atoms with E-state index >= 15 is 0 Å². The fourth-order valence-electron chi connectivity index (χ4n) is 1.90. The summed E-state index contributed by atoms with van der Waals surface area (Å²) in [4.78, 5) is 13.0. The van der Waals surface area contributed by atoms with Crippen molar-refractivity contribution in [1.82, 2.24) is 0 Å². The lowest BCUT2D eigenvalue weighted by molar-refractivity contribution is 0.104. The molecular formula is C17H14F2O2S. The molecule has 2 aromatic carbocycles. The molecule has 0 amide bonds. The third kappa shape index (κ3) is 3.54. The van der Waals surface area contributed by atoms with Crippen molar-refractivity contribution >= 4 is 23.6 Å². The van der Waals surface area contributed by atoms with Crippen LogP contribution in [0.3, 0.4) is 0 Å². The van der Waals surface area contributed by atoms with Crippen molar-refractivity contribution < 1.29 is 18.3 Å². The Balaban J connectivity index is 2.25. The van der Waals surface area contributed by atoms with E-state index in [1.54, 1.807) is 18.2 Å². The van der Waals surface area contributed by atoms with Gasteiger partial charge in [-0.25, -0.2) is 8.78 Å². The number of hydrogen-bond acceptors (Lipinski definition) is 3. The van der Waals surface area contributed by atoms with Gasteiger partial charge in [0.2, 0.25) is 0 Å². The number of carbonyl (C=O) groups excluding carboxylic acids is 1. The maximum absolute atomic E-state index is 13.5. The summed E-state index contributed by atoms with van der Waals surface area (Å²) in [5, 5.41) is 0. The highest BCUT2D eigenvalue weighted by Gasteiger charge is 2.09. The van der Waals surface area contributed by atoms with Crippen LogP contribution in [0, 0.1) is 11.6 Å². The summed E-state index contributed by atoms with van der Waals surface area (Å²) in [6.45, 7) is 0. The van der Waals surface area contributed by atoms with Gasteiger partial charge in [0.1, 0.15) is 5.75 Å². The van der Waals surface area contributed by atoms with Crippen LogP contribution in [0.5, 0.6) is 5.75 Å². The summed E-state index contributed by atoms with van der Waals surface area (Å²) in [6.07, 6.45) is 4.38. The van der Waals surface area contributed by atoms with Gasteiger partial charge in [0.25, 0.3) is 0 Å². The van der Waals surface area contributed by atoms with Crippen LogP contribution in [-0.4, -0.2) is 19.1 Å². The lowest BCUT2D eigenvalue weighted by Crippen LogP contribution is -1.97. The molecule has 2 aromatic rings. The first-order chi connectivity index (χ1) is 10.6. The smallest absolute Gasteiger partial charge is 0.185 e. The van der Waals surface area contributed by atoms with Gasteiger partial charge < -0.3 is 4.74 Å². The molecule has 5 heteroatoms. The molecule has 0 aromatic heterocycles. The van der Waals surface area contributed by atoms with E-state index in [0.717, 1.165) is 11.0 Å². The molecule has 0 aliphatic heterocycles. The van der Waals surface area contributed by atoms with Gasteiger partial charge in [0, 0.05) is 16.0 Å². The molecule has 0 bridgehead atoms. The maximum Gasteiger partial charge on any atom is 0.185 e. The molecule has 114 valence electrons. The van der Waals surface area contributed by atoms with Crippen molar-refractivity contribution in [2.45, 2.75) is 4.90 Å². The summed E-state index contributed by atoms with van der Waals surface area (Å²) in [6, 6.07) is 8.90. The topological polar surface area (TPSA) is 26.3 Å². The van der Waals surface area contributed by atoms with E-state index in [1.807, 2.05) is 6.26 Å². The molecule has 0 saturated carbocycles. The third-order valence-corrected chi connectivity index (χ3v) is 3.84. The van der Waals surface area contributed by atoms with Crippen molar-refractivity contribution in [3.05, 3.63) is 65.2 Å². The molecule has 0 N–H and O–H groups in total. The minimum atomic E-state index is -0.970. The number of benzene rings is 2. The van der Waals surface area contributed by atoms with Crippen molar-refractivity contribution in [2.75, 3.05) is 13.4 Å². The molecule has 0 radical (unpaired) electrons. The van der Waals surface area contributed by atoms with Gasteiger partial charge in [0.15, 0.2) is 17.4 Å². The van der Waals surface area contributed by atoms with Crippen molar-refractivity contribution in [1.29, 1.82) is 0 Å². The van der Waals surface area contributed by atoms with Crippen molar-refractivity contribution in [3.63, 3.8) is 0 Å². The number of halogens is 2. The van der Waals surface area contributed by atoms with Gasteiger partial charge in [-0.2, -0.15) is 0 Å². The second-order valence-electron chi connectivity index (χ2n) is 4.41. The predicted molar refractivity (Wildman–Crippen MR) is 84.5 cm³/mol. The molecular weight excluding hydrogens is 306 g/mol. The van der Waals surface area contributed by atoms with Gasteiger partial charge in [0.05, 0.1) is 7.11 Å². The van der Waals surface area contributed by atoms with E-state index in [9.17, 15) is 13.6 Å². The Morgan fingerprint density at radius 2 is 2.00 bits per heavy atom. The molecule has 0 aliphatic carbocycles. The van der Waals surface area contributed by atoms with E-state index in [4.69, 9.17) is 4.74 Å². The molecule has 0 spiro atoms. The van der Waals surface area contributed by atoms with Gasteiger partial charge in [-0.05, 0) is 42.7 Å². The highest BCUT2D eigenvalue weighted by atomic mass is 32.2. The zero-order valence-electron chi connectivity index (χ0n) is 12.1. The normalized spacial score (nSPS) is 10.9. The summed E-state index contributed by atoms with van der Waals surface area (Å²) < 4.78 is 31.8. The number of ketones is 1. The van der Waals surface area contributed by atoms with Gasteiger partial charge >= 0.3 is 0 Å². The number of hydrogen-bond donors (Lipinski definition) is 0. The van der Waals surface area contributed by atoms with Gasteiger partial charge in [-0.3, -0.25) is 4.79 Å². The van der Waals surface area contributed by atoms with E-state index < -0.39 is 11.6 Å². The number of rotatable bonds is 5. The third-order valence-electron chi connectivity index (χ3n) is 3.06. The monoisotopic (exact) mass is 320 g/mol. The van der Waals surface area contributed by atoms with Crippen molar-refractivity contribution in [3.8, 4) is 5.75 Å². The Kier molecular flexibility index (Phi) is 5.33. The number of allylic oxidation sites excluding steroid dienone is 1. The Hall–Kier alpha value is -2.14. The van der Waals surface area contributed by atoms with Crippen LogP contribution in [0.1, 0.15) is 15.9 Å². The van der Waals surface area contributed by atoms with E-state index in [-0.39, 0.29) is 11.3 Å². The van der Waals surface area contributed by atoms with Crippen LogP contribution < -0.4 is 4.74 Å². The molecule has 0 aliphatic rings. The SMILES string of the molecule is COc1cc(C(=O)/C=C/c2cccc(F)c2F)ccc1SC. The molecule has 22 heavy (non-hydrogen) atoms. The number of methoxy groups -OCH3 is 1. The largest absolute Gasteiger partial charge is 0.496 e. The minimum absolute atomic E-state index is 0.0287. The van der Waals surface area contributed by atoms with Crippen LogP contribution in [0.2, 0.25) is 0 Å². The number of ether oxygens (including phenoxy) is 1. The molecule has 0 atom stereocenters. The van der Waals surface area contributed by atoms with E-state index in [2.05, 4.69) is 0 Å². The summed E-state index contributed by atoms with van der Waals surface area (Å²) in [5.74, 6) is -1.62. The molecule has 2 nitrogen and oxygen atoms in total. The van der Waals surface area contributed by atoms with Crippen LogP contribution >= 0.6 is 11.8 Å². The summed E-state index contributed by atoms with van der Waals surface area (Å²) >= 11 is 1.51. The minimum Gasteiger partial charge on any atom is -0.496 e. The average molecular weight is 320 g/mol. The summed E-state index contributed by atoms with van der Waals surface area (Å²) in [5.41, 5.74) is 0.448. The molecule has 2 rings (SSSR count). The van der Waals surface area contributed by atoms with Crippen LogP contribution in [0.15, 0.2) is 47.4 Å². The fourth-order valence-corrected chi connectivity index (χ4v) is 2.45. The molecule has 0 saturated heterocycles. The highest BCUT2D eigenvalue weighted by Crippen LogP contribution is 2.28. The standard InChI is InChI=1S/C17H14F2O2S/c1-21-15-10-12(7-9-16(15)22-2)14(20)8-6-11-4-3-5-13(18)17(11)19/h3-10H,1-2H3/b8-6+. The summed E-state index contributed by atoms with van der Waals surface area (Å²) in [7, 11) is 1.53. The Bertz CT molecular complexity index is 727. The average Bonchev–Trinajstić information content (AvgIpc) is 2.55. The van der Waals surface area contributed by atoms with E-state index in [0.29, 0.717) is 11.3 Å². The first-order valence-electron chi connectivity index (χ1n) is 6.45. The first-order valence-corrected chi connectivity index (χ1v) is 7.67. The predicted octanol–water partition coefficient (Wildman–Crippen LogP) is 4.59. The quantitative estimate of drug-likeness (QED) is 0.458. The Morgan fingerprint density at radius 3 is 2.68 bits per heavy atom. The molecule has 0 unspecified atom stereocenters. The van der Waals surface area contributed by atoms with Crippen LogP contribution in [0.4, 0.5) is 8.78 Å². The van der Waals surface area contributed by atoms with Crippen molar-refractivity contribution in [2.24, 2.45) is 0 Å². The maximum atomic E-state index is 13.5. The molecule has 0 heterocycles. The number of thioether (sulfide) groups is 1. The molecule has 0 fully saturated rings. The zero-order valence-corrected chi connectivity index (χ0v) is 12.9. The lowest BCUT2D eigenvalue weighted by Gasteiger charge is -2.07. The second kappa shape index (κ2) is 7.22. The Morgan fingerprint density at radius 1 is 1.23 bits per heavy atom. The fraction of sp³-hybridized carbons (Fsp3) is 0.118.